The number of hydrogen-bond acceptors (Lipinski definition) is 4. The highest BCUT2D eigenvalue weighted by atomic mass is 32.2. The summed E-state index contributed by atoms with van der Waals surface area (Å²) in [6.45, 7) is 5.04. The predicted octanol–water partition coefficient (Wildman–Crippen LogP) is 3.56. The maximum Gasteiger partial charge on any atom is 0.199 e. The van der Waals surface area contributed by atoms with Gasteiger partial charge in [-0.15, -0.1) is 0 Å². The Morgan fingerprint density at radius 3 is 2.60 bits per heavy atom. The van der Waals surface area contributed by atoms with Crippen LogP contribution < -0.4 is 15.8 Å². The summed E-state index contributed by atoms with van der Waals surface area (Å²) in [5.74, 6) is 1.84. The van der Waals surface area contributed by atoms with Gasteiger partial charge in [-0.05, 0) is 75.8 Å². The van der Waals surface area contributed by atoms with Crippen molar-refractivity contribution in [2.24, 2.45) is 16.1 Å². The zero-order chi connectivity index (χ0) is 18.4. The Kier molecular flexibility index (Phi) is 7.10. The van der Waals surface area contributed by atoms with Gasteiger partial charge in [0.15, 0.2) is 10.3 Å². The van der Waals surface area contributed by atoms with Crippen molar-refractivity contribution in [3.63, 3.8) is 0 Å². The summed E-state index contributed by atoms with van der Waals surface area (Å²) < 4.78 is 5.77. The average molecular weight is 381 g/mol. The zero-order valence-corrected chi connectivity index (χ0v) is 17.0. The van der Waals surface area contributed by atoms with E-state index in [2.05, 4.69) is 29.1 Å². The first-order valence-corrected chi connectivity index (χ1v) is 9.84. The van der Waals surface area contributed by atoms with E-state index in [1.165, 1.54) is 12.8 Å². The van der Waals surface area contributed by atoms with Crippen molar-refractivity contribution in [1.82, 2.24) is 4.90 Å². The number of rotatable bonds is 7. The lowest BCUT2D eigenvalue weighted by atomic mass is 10.2. The van der Waals surface area contributed by atoms with Gasteiger partial charge in [-0.2, -0.15) is 4.99 Å². The second-order valence-corrected chi connectivity index (χ2v) is 8.51. The van der Waals surface area contributed by atoms with Gasteiger partial charge in [0.1, 0.15) is 12.4 Å². The van der Waals surface area contributed by atoms with Gasteiger partial charge in [0.2, 0.25) is 0 Å². The Morgan fingerprint density at radius 2 is 2.04 bits per heavy atom. The van der Waals surface area contributed by atoms with Gasteiger partial charge in [-0.3, -0.25) is 0 Å². The lowest BCUT2D eigenvalue weighted by Gasteiger charge is -2.20. The molecule has 1 aliphatic carbocycles. The summed E-state index contributed by atoms with van der Waals surface area (Å²) >= 11 is 6.83. The van der Waals surface area contributed by atoms with Crippen LogP contribution in [0.5, 0.6) is 5.75 Å². The van der Waals surface area contributed by atoms with Crippen molar-refractivity contribution >= 4 is 39.9 Å². The number of thioether (sulfide) groups is 1. The van der Waals surface area contributed by atoms with Crippen LogP contribution in [0.25, 0.3) is 0 Å². The summed E-state index contributed by atoms with van der Waals surface area (Å²) in [5, 5.41) is 3.98. The summed E-state index contributed by atoms with van der Waals surface area (Å²) in [5.41, 5.74) is 7.25. The molecule has 3 N–H and O–H groups in total. The van der Waals surface area contributed by atoms with Crippen molar-refractivity contribution in [3.05, 3.63) is 24.3 Å². The highest BCUT2D eigenvalue weighted by Crippen LogP contribution is 2.47. The maximum atomic E-state index is 5.94. The average Bonchev–Trinajstić information content (AvgIpc) is 3.30. The fourth-order valence-corrected chi connectivity index (χ4v) is 3.10. The summed E-state index contributed by atoms with van der Waals surface area (Å²) in [6, 6.07) is 8.04. The van der Waals surface area contributed by atoms with Gasteiger partial charge >= 0.3 is 0 Å². The van der Waals surface area contributed by atoms with E-state index in [1.807, 2.05) is 38.4 Å². The normalized spacial score (nSPS) is 17.2. The minimum atomic E-state index is 0.359. The van der Waals surface area contributed by atoms with Gasteiger partial charge < -0.3 is 20.7 Å². The summed E-state index contributed by atoms with van der Waals surface area (Å²) in [7, 11) is 4.08. The minimum absolute atomic E-state index is 0.359. The van der Waals surface area contributed by atoms with Crippen molar-refractivity contribution in [1.29, 1.82) is 0 Å². The fourth-order valence-electron chi connectivity index (χ4n) is 1.89. The molecular weight excluding hydrogens is 352 g/mol. The molecule has 1 aromatic carbocycles. The van der Waals surface area contributed by atoms with Crippen LogP contribution in [-0.4, -0.2) is 47.7 Å². The molecule has 25 heavy (non-hydrogen) atoms. The van der Waals surface area contributed by atoms with E-state index in [0.717, 1.165) is 17.2 Å². The standard InChI is InChI=1S/C18H28N4OS2/c1-13(22(3)4)11-23-15-7-5-14(6-8-15)20-17(24)21-16(19)25-12-18(2)9-10-18/h5-8,13H,9-12H2,1-4H3,(H3,19,20,21,24). The molecule has 2 rings (SSSR count). The second kappa shape index (κ2) is 8.87. The quantitative estimate of drug-likeness (QED) is 0.428. The number of amidine groups is 1. The molecule has 0 heterocycles. The Labute approximate surface area is 160 Å². The van der Waals surface area contributed by atoms with Crippen LogP contribution in [0.15, 0.2) is 29.3 Å². The van der Waals surface area contributed by atoms with Crippen LogP contribution in [0.3, 0.4) is 0 Å². The SMILES string of the molecule is CC(COc1ccc(NC(=S)/N=C(\N)SCC2(C)CC2)cc1)N(C)C. The summed E-state index contributed by atoms with van der Waals surface area (Å²) in [6.07, 6.45) is 2.55. The second-order valence-electron chi connectivity index (χ2n) is 7.13. The topological polar surface area (TPSA) is 62.9 Å². The lowest BCUT2D eigenvalue weighted by molar-refractivity contribution is 0.198. The molecule has 1 atom stereocenters. The summed E-state index contributed by atoms with van der Waals surface area (Å²) in [4.78, 5) is 6.37. The first kappa shape index (κ1) is 20.0. The molecule has 5 nitrogen and oxygen atoms in total. The maximum absolute atomic E-state index is 5.94. The highest BCUT2D eigenvalue weighted by Gasteiger charge is 2.37. The van der Waals surface area contributed by atoms with Crippen LogP contribution in [0, 0.1) is 5.41 Å². The molecule has 1 unspecified atom stereocenters. The van der Waals surface area contributed by atoms with E-state index in [-0.39, 0.29) is 0 Å². The predicted molar refractivity (Wildman–Crippen MR) is 113 cm³/mol. The Bertz CT molecular complexity index is 612. The van der Waals surface area contributed by atoms with Crippen molar-refractivity contribution < 1.29 is 4.74 Å². The van der Waals surface area contributed by atoms with Gasteiger partial charge in [0, 0.05) is 17.5 Å². The first-order chi connectivity index (χ1) is 11.8. The largest absolute Gasteiger partial charge is 0.492 e. The van der Waals surface area contributed by atoms with E-state index in [4.69, 9.17) is 22.7 Å². The van der Waals surface area contributed by atoms with E-state index in [1.54, 1.807) is 11.8 Å². The molecule has 0 spiro atoms. The van der Waals surface area contributed by atoms with Crippen LogP contribution in [0.2, 0.25) is 0 Å². The van der Waals surface area contributed by atoms with E-state index >= 15 is 0 Å². The molecule has 1 fully saturated rings. The third-order valence-electron chi connectivity index (χ3n) is 4.36. The molecular formula is C18H28N4OS2. The lowest BCUT2D eigenvalue weighted by Crippen LogP contribution is -2.30. The molecule has 7 heteroatoms. The number of hydrogen-bond donors (Lipinski definition) is 2. The van der Waals surface area contributed by atoms with Gasteiger partial charge in [0.05, 0.1) is 0 Å². The van der Waals surface area contributed by atoms with Crippen molar-refractivity contribution in [2.45, 2.75) is 32.7 Å². The Morgan fingerprint density at radius 1 is 1.40 bits per heavy atom. The van der Waals surface area contributed by atoms with E-state index in [9.17, 15) is 0 Å². The number of benzene rings is 1. The zero-order valence-electron chi connectivity index (χ0n) is 15.4. The highest BCUT2D eigenvalue weighted by molar-refractivity contribution is 8.13. The third-order valence-corrected chi connectivity index (χ3v) is 5.78. The van der Waals surface area contributed by atoms with Crippen LogP contribution in [0.4, 0.5) is 5.69 Å². The molecule has 1 saturated carbocycles. The van der Waals surface area contributed by atoms with Gasteiger partial charge in [-0.1, -0.05) is 18.7 Å². The minimum Gasteiger partial charge on any atom is -0.492 e. The number of likely N-dealkylation sites (N-methyl/N-ethyl adjacent to an activating group) is 1. The molecule has 138 valence electrons. The van der Waals surface area contributed by atoms with Crippen LogP contribution >= 0.6 is 24.0 Å². The third kappa shape index (κ3) is 7.22. The molecule has 0 bridgehead atoms. The molecule has 1 aromatic rings. The van der Waals surface area contributed by atoms with Crippen molar-refractivity contribution in [3.8, 4) is 5.75 Å². The number of thiocarbonyl (C=S) groups is 1. The van der Waals surface area contributed by atoms with E-state index < -0.39 is 0 Å². The Hall–Kier alpha value is -1.31. The molecule has 0 saturated heterocycles. The smallest absolute Gasteiger partial charge is 0.199 e. The number of nitrogens with zero attached hydrogens (tertiary/aromatic N) is 2. The number of anilines is 1. The van der Waals surface area contributed by atoms with Gasteiger partial charge in [0.25, 0.3) is 0 Å². The Balaban J connectivity index is 1.78. The van der Waals surface area contributed by atoms with Crippen molar-refractivity contribution in [2.75, 3.05) is 31.8 Å². The molecule has 0 radical (unpaired) electrons. The molecule has 0 aromatic heterocycles. The van der Waals surface area contributed by atoms with Crippen LogP contribution in [-0.2, 0) is 0 Å². The van der Waals surface area contributed by atoms with Gasteiger partial charge in [-0.25, -0.2) is 0 Å². The number of nitrogens with one attached hydrogen (secondary N) is 1. The first-order valence-electron chi connectivity index (χ1n) is 8.45. The number of ether oxygens (including phenoxy) is 1. The van der Waals surface area contributed by atoms with E-state index in [0.29, 0.717) is 28.3 Å². The molecule has 1 aliphatic rings. The van der Waals surface area contributed by atoms with Crippen LogP contribution in [0.1, 0.15) is 26.7 Å². The number of nitrogens with two attached hydrogens (primary N) is 1. The number of aliphatic imine (C=N–C) groups is 1. The monoisotopic (exact) mass is 380 g/mol. The molecule has 0 aliphatic heterocycles. The molecule has 0 amide bonds. The fraction of sp³-hybridized carbons (Fsp3) is 0.556.